The van der Waals surface area contributed by atoms with Gasteiger partial charge < -0.3 is 10.4 Å². The second-order valence-corrected chi connectivity index (χ2v) is 4.84. The van der Waals surface area contributed by atoms with Crippen molar-refractivity contribution in [1.29, 1.82) is 5.26 Å². The molecular weight excluding hydrogens is 370 g/mol. The minimum atomic E-state index is -6.00. The number of nitrogens with one attached hydrogen (secondary N) is 2. The molecule has 0 aliphatic carbocycles. The van der Waals surface area contributed by atoms with Crippen LogP contribution in [0.2, 0.25) is 0 Å². The van der Waals surface area contributed by atoms with Crippen LogP contribution < -0.4 is 5.32 Å². The zero-order valence-electron chi connectivity index (χ0n) is 12.4. The molecule has 0 saturated heterocycles. The molecule has 138 valence electrons. The molecule has 0 spiro atoms. The number of rotatable bonds is 4. The monoisotopic (exact) mass is 378 g/mol. The maximum Gasteiger partial charge on any atom is 0.430 e. The van der Waals surface area contributed by atoms with Gasteiger partial charge in [-0.25, -0.2) is 0 Å². The van der Waals surface area contributed by atoms with Crippen molar-refractivity contribution in [2.45, 2.75) is 18.0 Å². The van der Waals surface area contributed by atoms with E-state index in [2.05, 4.69) is 25.9 Å². The van der Waals surface area contributed by atoms with Crippen molar-refractivity contribution in [3.05, 3.63) is 41.9 Å². The topological polar surface area (TPSA) is 111 Å². The van der Waals surface area contributed by atoms with E-state index in [1.807, 2.05) is 0 Å². The van der Waals surface area contributed by atoms with Crippen molar-refractivity contribution < 1.29 is 31.4 Å². The molecule has 2 aromatic rings. The van der Waals surface area contributed by atoms with Crippen molar-refractivity contribution in [2.75, 3.05) is 5.32 Å². The van der Waals surface area contributed by atoms with Crippen LogP contribution in [0.5, 0.6) is 0 Å². The van der Waals surface area contributed by atoms with Gasteiger partial charge in [0.25, 0.3) is 5.60 Å². The quantitative estimate of drug-likeness (QED) is 0.557. The van der Waals surface area contributed by atoms with E-state index in [-0.39, 0.29) is 17.1 Å². The van der Waals surface area contributed by atoms with Crippen LogP contribution in [0.15, 0.2) is 30.5 Å². The van der Waals surface area contributed by atoms with Crippen LogP contribution >= 0.6 is 0 Å². The summed E-state index contributed by atoms with van der Waals surface area (Å²) in [4.78, 5) is 0. The number of nitriles is 1. The summed E-state index contributed by atoms with van der Waals surface area (Å²) in [5, 5.41) is 33.0. The third-order valence-electron chi connectivity index (χ3n) is 3.19. The number of H-pyrrole nitrogens is 1. The molecule has 13 heteroatoms. The van der Waals surface area contributed by atoms with Gasteiger partial charge in [-0.1, -0.05) is 12.1 Å². The molecule has 0 radical (unpaired) electrons. The number of aliphatic hydroxyl groups is 1. The predicted octanol–water partition coefficient (Wildman–Crippen LogP) is 2.49. The van der Waals surface area contributed by atoms with Crippen LogP contribution in [0.1, 0.15) is 11.4 Å². The van der Waals surface area contributed by atoms with Gasteiger partial charge in [-0.15, -0.1) is 10.2 Å². The molecule has 0 saturated carbocycles. The summed E-state index contributed by atoms with van der Waals surface area (Å²) in [6, 6.07) is 4.64. The fourth-order valence-corrected chi connectivity index (χ4v) is 1.90. The third-order valence-corrected chi connectivity index (χ3v) is 3.19. The summed E-state index contributed by atoms with van der Waals surface area (Å²) in [5.74, 6) is -0.141. The smallest absolute Gasteiger partial charge is 0.369 e. The number of benzene rings is 1. The number of aromatic nitrogens is 4. The second kappa shape index (κ2) is 6.64. The lowest BCUT2D eigenvalue weighted by Gasteiger charge is -2.32. The molecule has 1 aromatic heterocycles. The molecule has 0 fully saturated rings. The Hall–Kier alpha value is -3.14. The first kappa shape index (κ1) is 19.2. The molecule has 3 N–H and O–H groups in total. The van der Waals surface area contributed by atoms with E-state index in [0.29, 0.717) is 12.1 Å². The van der Waals surface area contributed by atoms with Crippen molar-refractivity contribution in [2.24, 2.45) is 0 Å². The zero-order chi connectivity index (χ0) is 19.6. The van der Waals surface area contributed by atoms with E-state index in [0.717, 1.165) is 18.3 Å². The maximum absolute atomic E-state index is 12.9. The number of alkyl halides is 6. The van der Waals surface area contributed by atoms with E-state index in [1.165, 1.54) is 0 Å². The molecule has 0 bridgehead atoms. The Morgan fingerprint density at radius 2 is 1.85 bits per heavy atom. The van der Waals surface area contributed by atoms with Gasteiger partial charge in [0.15, 0.2) is 0 Å². The van der Waals surface area contributed by atoms with E-state index in [4.69, 9.17) is 5.26 Å². The van der Waals surface area contributed by atoms with Crippen molar-refractivity contribution in [1.82, 2.24) is 20.6 Å². The van der Waals surface area contributed by atoms with E-state index >= 15 is 0 Å². The van der Waals surface area contributed by atoms with Crippen LogP contribution in [-0.2, 0) is 5.60 Å². The lowest BCUT2D eigenvalue weighted by atomic mass is 9.92. The first-order chi connectivity index (χ1) is 12.0. The van der Waals surface area contributed by atoms with Crippen molar-refractivity contribution >= 4 is 11.3 Å². The SMILES string of the molecule is N#CC(=CNc1cccc(C(O)(C(F)(F)F)C(F)(F)F)c1)c1nn[nH]n1. The van der Waals surface area contributed by atoms with Gasteiger partial charge in [0.1, 0.15) is 11.6 Å². The molecule has 7 nitrogen and oxygen atoms in total. The van der Waals surface area contributed by atoms with E-state index < -0.39 is 23.5 Å². The van der Waals surface area contributed by atoms with Crippen LogP contribution in [-0.4, -0.2) is 38.1 Å². The average molecular weight is 378 g/mol. The Kier molecular flexibility index (Phi) is 4.90. The number of hydrogen-bond acceptors (Lipinski definition) is 6. The summed E-state index contributed by atoms with van der Waals surface area (Å²) < 4.78 is 77.4. The molecule has 0 atom stereocenters. The van der Waals surface area contributed by atoms with Gasteiger partial charge in [0, 0.05) is 17.5 Å². The number of allylic oxidation sites excluding steroid dienone is 1. The minimum absolute atomic E-state index is 0.141. The minimum Gasteiger partial charge on any atom is -0.369 e. The molecular formula is C13H8F6N6O. The largest absolute Gasteiger partial charge is 0.430 e. The molecule has 0 aliphatic heterocycles. The molecule has 26 heavy (non-hydrogen) atoms. The number of anilines is 1. The first-order valence-corrected chi connectivity index (χ1v) is 6.57. The highest BCUT2D eigenvalue weighted by molar-refractivity contribution is 5.74. The lowest BCUT2D eigenvalue weighted by molar-refractivity contribution is -0.376. The predicted molar refractivity (Wildman–Crippen MR) is 73.8 cm³/mol. The summed E-state index contributed by atoms with van der Waals surface area (Å²) in [7, 11) is 0. The van der Waals surface area contributed by atoms with Crippen molar-refractivity contribution in [3.8, 4) is 6.07 Å². The van der Waals surface area contributed by atoms with Crippen LogP contribution in [0.4, 0.5) is 32.0 Å². The number of tetrazole rings is 1. The first-order valence-electron chi connectivity index (χ1n) is 6.57. The summed E-state index contributed by atoms with van der Waals surface area (Å²) in [6.45, 7) is 0. The zero-order valence-corrected chi connectivity index (χ0v) is 12.4. The molecule has 0 amide bonds. The third kappa shape index (κ3) is 3.45. The second-order valence-electron chi connectivity index (χ2n) is 4.84. The highest BCUT2D eigenvalue weighted by Crippen LogP contribution is 2.50. The van der Waals surface area contributed by atoms with Crippen LogP contribution in [0.25, 0.3) is 5.57 Å². The molecule has 1 heterocycles. The number of halogens is 6. The van der Waals surface area contributed by atoms with Gasteiger partial charge in [0.2, 0.25) is 5.82 Å². The number of aromatic amines is 1. The molecule has 2 rings (SSSR count). The van der Waals surface area contributed by atoms with E-state index in [9.17, 15) is 31.4 Å². The Morgan fingerprint density at radius 3 is 2.35 bits per heavy atom. The van der Waals surface area contributed by atoms with Gasteiger partial charge in [-0.05, 0) is 17.3 Å². The summed E-state index contributed by atoms with van der Waals surface area (Å²) >= 11 is 0. The standard InChI is InChI=1S/C13H8F6N6O/c14-12(15,16)11(26,13(17,18)19)8-2-1-3-9(4-8)21-6-7(5-20)10-22-24-25-23-10/h1-4,6,21,26H,(H,22,23,24,25). The van der Waals surface area contributed by atoms with Gasteiger partial charge in [0.05, 0.1) is 0 Å². The fraction of sp³-hybridized carbons (Fsp3) is 0.231. The average Bonchev–Trinajstić information content (AvgIpc) is 3.07. The number of nitrogens with zero attached hydrogens (tertiary/aromatic N) is 4. The maximum atomic E-state index is 12.9. The van der Waals surface area contributed by atoms with Crippen LogP contribution in [0, 0.1) is 11.3 Å². The fourth-order valence-electron chi connectivity index (χ4n) is 1.90. The summed E-state index contributed by atoms with van der Waals surface area (Å²) in [6.07, 6.45) is -11.0. The van der Waals surface area contributed by atoms with Crippen molar-refractivity contribution in [3.63, 3.8) is 0 Å². The van der Waals surface area contributed by atoms with Gasteiger partial charge in [-0.3, -0.25) is 0 Å². The lowest BCUT2D eigenvalue weighted by Crippen LogP contribution is -2.53. The summed E-state index contributed by atoms with van der Waals surface area (Å²) in [5.41, 5.74) is -6.92. The molecule has 0 aliphatic rings. The molecule has 1 aromatic carbocycles. The Morgan fingerprint density at radius 1 is 1.19 bits per heavy atom. The molecule has 0 unspecified atom stereocenters. The Bertz CT molecular complexity index is 822. The van der Waals surface area contributed by atoms with E-state index in [1.54, 1.807) is 6.07 Å². The number of hydrogen-bond donors (Lipinski definition) is 3. The van der Waals surface area contributed by atoms with Crippen LogP contribution in [0.3, 0.4) is 0 Å². The highest BCUT2D eigenvalue weighted by atomic mass is 19.4. The Labute approximate surface area is 140 Å². The normalized spacial score (nSPS) is 13.4. The highest BCUT2D eigenvalue weighted by Gasteiger charge is 2.71. The van der Waals surface area contributed by atoms with Gasteiger partial charge in [-0.2, -0.15) is 36.8 Å². The van der Waals surface area contributed by atoms with Gasteiger partial charge >= 0.3 is 12.4 Å². The Balaban J connectivity index is 2.40.